The Labute approximate surface area is 147 Å². The predicted octanol–water partition coefficient (Wildman–Crippen LogP) is 1.87. The van der Waals surface area contributed by atoms with Crippen LogP contribution in [0.5, 0.6) is 11.5 Å². The molecular formula is C19H21N3O3. The van der Waals surface area contributed by atoms with Crippen molar-refractivity contribution < 1.29 is 14.3 Å². The number of para-hydroxylation sites is 3. The Kier molecular flexibility index (Phi) is 5.18. The van der Waals surface area contributed by atoms with Crippen LogP contribution in [0.25, 0.3) is 0 Å². The lowest BCUT2D eigenvalue weighted by Gasteiger charge is -2.29. The second kappa shape index (κ2) is 7.70. The number of hydrogen-bond donors (Lipinski definition) is 1. The first-order valence-electron chi connectivity index (χ1n) is 8.21. The quantitative estimate of drug-likeness (QED) is 0.903. The lowest BCUT2D eigenvalue weighted by molar-refractivity contribution is -0.137. The summed E-state index contributed by atoms with van der Waals surface area (Å²) in [7, 11) is 1.84. The van der Waals surface area contributed by atoms with Gasteiger partial charge in [-0.2, -0.15) is 0 Å². The van der Waals surface area contributed by atoms with E-state index in [0.29, 0.717) is 18.8 Å². The van der Waals surface area contributed by atoms with Crippen molar-refractivity contribution in [3.05, 3.63) is 54.6 Å². The maximum absolute atomic E-state index is 12.5. The van der Waals surface area contributed by atoms with Crippen LogP contribution in [-0.2, 0) is 9.59 Å². The second-order valence-electron chi connectivity index (χ2n) is 5.90. The van der Waals surface area contributed by atoms with Crippen molar-refractivity contribution in [1.82, 2.24) is 10.2 Å². The average Bonchev–Trinajstić information content (AvgIpc) is 2.63. The lowest BCUT2D eigenvalue weighted by atomic mass is 10.2. The van der Waals surface area contributed by atoms with Crippen molar-refractivity contribution in [2.24, 2.45) is 0 Å². The average molecular weight is 339 g/mol. The summed E-state index contributed by atoms with van der Waals surface area (Å²) in [6, 6.07) is 17.1. The highest BCUT2D eigenvalue weighted by Crippen LogP contribution is 2.31. The summed E-state index contributed by atoms with van der Waals surface area (Å²) < 4.78 is 5.94. The first-order chi connectivity index (χ1) is 12.1. The van der Waals surface area contributed by atoms with E-state index >= 15 is 0 Å². The maximum Gasteiger partial charge on any atom is 0.242 e. The third-order valence-corrected chi connectivity index (χ3v) is 4.01. The minimum atomic E-state index is -0.116. The summed E-state index contributed by atoms with van der Waals surface area (Å²) in [6.45, 7) is 1.35. The van der Waals surface area contributed by atoms with Gasteiger partial charge in [0.2, 0.25) is 11.8 Å². The molecule has 0 bridgehead atoms. The van der Waals surface area contributed by atoms with E-state index in [1.807, 2.05) is 66.5 Å². The van der Waals surface area contributed by atoms with Gasteiger partial charge in [0.15, 0.2) is 5.75 Å². The fourth-order valence-corrected chi connectivity index (χ4v) is 2.71. The molecule has 1 heterocycles. The molecule has 2 aromatic rings. The first kappa shape index (κ1) is 16.8. The molecule has 1 fully saturated rings. The minimum Gasteiger partial charge on any atom is -0.455 e. The number of carbonyl (C=O) groups is 2. The molecule has 130 valence electrons. The molecule has 6 heteroatoms. The summed E-state index contributed by atoms with van der Waals surface area (Å²) in [6.07, 6.45) is 0. The molecular weight excluding hydrogens is 318 g/mol. The van der Waals surface area contributed by atoms with Gasteiger partial charge in [-0.25, -0.2) is 0 Å². The summed E-state index contributed by atoms with van der Waals surface area (Å²) >= 11 is 0. The number of nitrogens with one attached hydrogen (secondary N) is 1. The number of benzene rings is 2. The maximum atomic E-state index is 12.5. The molecule has 1 aliphatic rings. The molecule has 0 radical (unpaired) electrons. The zero-order valence-corrected chi connectivity index (χ0v) is 14.1. The fraction of sp³-hybridized carbons (Fsp3) is 0.263. The molecule has 1 aliphatic heterocycles. The van der Waals surface area contributed by atoms with Gasteiger partial charge in [-0.05, 0) is 24.3 Å². The number of carbonyl (C=O) groups excluding carboxylic acids is 2. The lowest BCUT2D eigenvalue weighted by Crippen LogP contribution is -2.52. The summed E-state index contributed by atoms with van der Waals surface area (Å²) in [5.41, 5.74) is 0.821. The Hall–Kier alpha value is -3.02. The Bertz CT molecular complexity index is 749. The van der Waals surface area contributed by atoms with Gasteiger partial charge in [0.25, 0.3) is 0 Å². The Morgan fingerprint density at radius 2 is 1.88 bits per heavy atom. The molecule has 0 aromatic heterocycles. The highest BCUT2D eigenvalue weighted by atomic mass is 16.5. The van der Waals surface area contributed by atoms with Crippen molar-refractivity contribution in [3.63, 3.8) is 0 Å². The molecule has 0 unspecified atom stereocenters. The summed E-state index contributed by atoms with van der Waals surface area (Å²) in [4.78, 5) is 27.3. The molecule has 25 heavy (non-hydrogen) atoms. The molecule has 0 aliphatic carbocycles. The van der Waals surface area contributed by atoms with E-state index in [1.54, 1.807) is 4.90 Å². The van der Waals surface area contributed by atoms with Crippen LogP contribution in [0.2, 0.25) is 0 Å². The van der Waals surface area contributed by atoms with E-state index < -0.39 is 0 Å². The highest BCUT2D eigenvalue weighted by molar-refractivity contribution is 5.88. The third kappa shape index (κ3) is 4.29. The van der Waals surface area contributed by atoms with Crippen LogP contribution in [0, 0.1) is 0 Å². The monoisotopic (exact) mass is 339 g/mol. The molecule has 1 N–H and O–H groups in total. The number of likely N-dealkylation sites (N-methyl/N-ethyl adjacent to an activating group) is 1. The van der Waals surface area contributed by atoms with E-state index in [9.17, 15) is 9.59 Å². The van der Waals surface area contributed by atoms with Crippen molar-refractivity contribution >= 4 is 17.5 Å². The van der Waals surface area contributed by atoms with Crippen LogP contribution >= 0.6 is 0 Å². The van der Waals surface area contributed by atoms with Gasteiger partial charge in [0, 0.05) is 20.1 Å². The molecule has 0 spiro atoms. The smallest absolute Gasteiger partial charge is 0.242 e. The summed E-state index contributed by atoms with van der Waals surface area (Å²) in [5, 5.41) is 2.72. The number of nitrogens with zero attached hydrogens (tertiary/aromatic N) is 2. The van der Waals surface area contributed by atoms with Gasteiger partial charge in [-0.1, -0.05) is 30.3 Å². The van der Waals surface area contributed by atoms with E-state index in [1.165, 1.54) is 0 Å². The molecule has 0 atom stereocenters. The SMILES string of the molecule is CN(CC(=O)N1CCNC(=O)C1)c1ccccc1Oc1ccccc1. The molecule has 0 saturated carbocycles. The number of amides is 2. The second-order valence-corrected chi connectivity index (χ2v) is 5.90. The van der Waals surface area contributed by atoms with E-state index in [0.717, 1.165) is 11.4 Å². The topological polar surface area (TPSA) is 61.9 Å². The van der Waals surface area contributed by atoms with Crippen LogP contribution in [0.3, 0.4) is 0 Å². The van der Waals surface area contributed by atoms with Crippen LogP contribution in [0.1, 0.15) is 0 Å². The fourth-order valence-electron chi connectivity index (χ4n) is 2.71. The molecule has 2 amide bonds. The van der Waals surface area contributed by atoms with E-state index in [4.69, 9.17) is 4.74 Å². The Morgan fingerprint density at radius 1 is 1.16 bits per heavy atom. The van der Waals surface area contributed by atoms with Gasteiger partial charge in [0.05, 0.1) is 18.8 Å². The number of piperazine rings is 1. The number of ether oxygens (including phenoxy) is 1. The van der Waals surface area contributed by atoms with Crippen LogP contribution in [0.15, 0.2) is 54.6 Å². The molecule has 2 aromatic carbocycles. The van der Waals surface area contributed by atoms with Crippen molar-refractivity contribution in [2.75, 3.05) is 38.1 Å². The summed E-state index contributed by atoms with van der Waals surface area (Å²) in [5.74, 6) is 1.23. The predicted molar refractivity (Wildman–Crippen MR) is 95.8 cm³/mol. The number of anilines is 1. The minimum absolute atomic E-state index is 0.0770. The Morgan fingerprint density at radius 3 is 2.64 bits per heavy atom. The van der Waals surface area contributed by atoms with Gasteiger partial charge >= 0.3 is 0 Å². The van der Waals surface area contributed by atoms with Crippen molar-refractivity contribution in [3.8, 4) is 11.5 Å². The third-order valence-electron chi connectivity index (χ3n) is 4.01. The first-order valence-corrected chi connectivity index (χ1v) is 8.21. The standard InChI is InChI=1S/C19H21N3O3/c1-21(14-19(24)22-12-11-20-18(23)13-22)16-9-5-6-10-17(16)25-15-7-3-2-4-8-15/h2-10H,11-14H2,1H3,(H,20,23). The van der Waals surface area contributed by atoms with Crippen LogP contribution in [-0.4, -0.2) is 49.9 Å². The van der Waals surface area contributed by atoms with Gasteiger partial charge < -0.3 is 19.9 Å². The van der Waals surface area contributed by atoms with E-state index in [-0.39, 0.29) is 24.9 Å². The van der Waals surface area contributed by atoms with Gasteiger partial charge in [-0.15, -0.1) is 0 Å². The van der Waals surface area contributed by atoms with Crippen molar-refractivity contribution in [2.45, 2.75) is 0 Å². The molecule has 6 nitrogen and oxygen atoms in total. The van der Waals surface area contributed by atoms with Gasteiger partial charge in [-0.3, -0.25) is 9.59 Å². The van der Waals surface area contributed by atoms with Crippen LogP contribution < -0.4 is 15.0 Å². The van der Waals surface area contributed by atoms with E-state index in [2.05, 4.69) is 5.32 Å². The number of rotatable bonds is 5. The molecule has 3 rings (SSSR count). The largest absolute Gasteiger partial charge is 0.455 e. The zero-order chi connectivity index (χ0) is 17.6. The van der Waals surface area contributed by atoms with Crippen LogP contribution in [0.4, 0.5) is 5.69 Å². The molecule has 1 saturated heterocycles. The zero-order valence-electron chi connectivity index (χ0n) is 14.1. The van der Waals surface area contributed by atoms with Crippen molar-refractivity contribution in [1.29, 1.82) is 0 Å². The highest BCUT2D eigenvalue weighted by Gasteiger charge is 2.22. The Balaban J connectivity index is 1.70. The normalized spacial score (nSPS) is 14.0. The number of hydrogen-bond acceptors (Lipinski definition) is 4. The van der Waals surface area contributed by atoms with Gasteiger partial charge in [0.1, 0.15) is 5.75 Å².